The highest BCUT2D eigenvalue weighted by atomic mass is 19.4. The van der Waals surface area contributed by atoms with Crippen molar-refractivity contribution in [2.45, 2.75) is 32.8 Å². The van der Waals surface area contributed by atoms with Gasteiger partial charge < -0.3 is 4.74 Å². The van der Waals surface area contributed by atoms with Crippen LogP contribution in [0.4, 0.5) is 13.2 Å². The molecule has 0 radical (unpaired) electrons. The fraction of sp³-hybridized carbons (Fsp3) is 0.375. The molecular formula is C16H16F3N3O. The molecule has 0 amide bonds. The van der Waals surface area contributed by atoms with E-state index in [0.717, 1.165) is 42.2 Å². The monoisotopic (exact) mass is 323 g/mol. The molecule has 1 aromatic carbocycles. The van der Waals surface area contributed by atoms with E-state index in [9.17, 15) is 13.2 Å². The molecule has 0 saturated carbocycles. The second kappa shape index (κ2) is 6.16. The Labute approximate surface area is 131 Å². The van der Waals surface area contributed by atoms with E-state index in [-0.39, 0.29) is 5.75 Å². The lowest BCUT2D eigenvalue weighted by molar-refractivity contribution is -0.274. The van der Waals surface area contributed by atoms with E-state index in [1.165, 1.54) is 12.1 Å². The molecule has 0 saturated heterocycles. The molecule has 0 unspecified atom stereocenters. The number of aromatic nitrogens is 2. The number of ether oxygens (including phenoxy) is 1. The van der Waals surface area contributed by atoms with Gasteiger partial charge in [0.2, 0.25) is 0 Å². The molecule has 0 bridgehead atoms. The van der Waals surface area contributed by atoms with E-state index in [1.807, 2.05) is 13.1 Å². The normalized spacial score (nSPS) is 15.3. The fourth-order valence-electron chi connectivity index (χ4n) is 2.66. The summed E-state index contributed by atoms with van der Waals surface area (Å²) in [5.41, 5.74) is 3.14. The first-order valence-corrected chi connectivity index (χ1v) is 7.27. The maximum absolute atomic E-state index is 12.1. The quantitative estimate of drug-likeness (QED) is 0.869. The molecule has 7 heteroatoms. The van der Waals surface area contributed by atoms with Crippen LogP contribution in [0.25, 0.3) is 0 Å². The summed E-state index contributed by atoms with van der Waals surface area (Å²) >= 11 is 0. The van der Waals surface area contributed by atoms with Crippen molar-refractivity contribution in [1.82, 2.24) is 14.9 Å². The van der Waals surface area contributed by atoms with Crippen molar-refractivity contribution in [1.29, 1.82) is 0 Å². The van der Waals surface area contributed by atoms with Crippen LogP contribution in [0.2, 0.25) is 0 Å². The van der Waals surface area contributed by atoms with Crippen LogP contribution in [-0.2, 0) is 19.5 Å². The van der Waals surface area contributed by atoms with E-state index in [1.54, 1.807) is 12.1 Å². The van der Waals surface area contributed by atoms with Crippen LogP contribution in [0, 0.1) is 6.92 Å². The lowest BCUT2D eigenvalue weighted by Crippen LogP contribution is -2.31. The maximum Gasteiger partial charge on any atom is 0.573 e. The van der Waals surface area contributed by atoms with Gasteiger partial charge in [0.15, 0.2) is 0 Å². The molecule has 122 valence electrons. The number of nitrogens with zero attached hydrogens (tertiary/aromatic N) is 3. The van der Waals surface area contributed by atoms with Crippen LogP contribution in [-0.4, -0.2) is 27.8 Å². The van der Waals surface area contributed by atoms with E-state index >= 15 is 0 Å². The van der Waals surface area contributed by atoms with Gasteiger partial charge in [-0.25, -0.2) is 9.97 Å². The summed E-state index contributed by atoms with van der Waals surface area (Å²) in [7, 11) is 0. The molecule has 2 heterocycles. The Morgan fingerprint density at radius 2 is 1.96 bits per heavy atom. The van der Waals surface area contributed by atoms with Crippen molar-refractivity contribution >= 4 is 0 Å². The summed E-state index contributed by atoms with van der Waals surface area (Å²) in [6.45, 7) is 4.15. The Balaban J connectivity index is 1.63. The van der Waals surface area contributed by atoms with Gasteiger partial charge in [-0.15, -0.1) is 13.2 Å². The van der Waals surface area contributed by atoms with Crippen LogP contribution in [0.1, 0.15) is 22.6 Å². The van der Waals surface area contributed by atoms with Crippen molar-refractivity contribution < 1.29 is 17.9 Å². The number of fused-ring (bicyclic) bond motifs is 1. The molecule has 3 rings (SSSR count). The number of halogens is 3. The number of hydrogen-bond acceptors (Lipinski definition) is 4. The zero-order chi connectivity index (χ0) is 16.4. The third kappa shape index (κ3) is 4.19. The summed E-state index contributed by atoms with van der Waals surface area (Å²) in [5.74, 6) is 0.576. The SMILES string of the molecule is Cc1ncc2c(n1)CCN(Cc1ccc(OC(F)(F)F)cc1)C2. The molecular weight excluding hydrogens is 307 g/mol. The second-order valence-electron chi connectivity index (χ2n) is 5.54. The predicted octanol–water partition coefficient (Wildman–Crippen LogP) is 3.24. The Morgan fingerprint density at radius 1 is 1.22 bits per heavy atom. The van der Waals surface area contributed by atoms with Crippen LogP contribution in [0.3, 0.4) is 0 Å². The first-order valence-electron chi connectivity index (χ1n) is 7.27. The van der Waals surface area contributed by atoms with Gasteiger partial charge in [0.05, 0.1) is 0 Å². The Morgan fingerprint density at radius 3 is 2.65 bits per heavy atom. The zero-order valence-corrected chi connectivity index (χ0v) is 12.6. The Hall–Kier alpha value is -2.15. The van der Waals surface area contributed by atoms with Crippen molar-refractivity contribution in [2.24, 2.45) is 0 Å². The minimum absolute atomic E-state index is 0.200. The lowest BCUT2D eigenvalue weighted by Gasteiger charge is -2.28. The highest BCUT2D eigenvalue weighted by Gasteiger charge is 2.31. The number of hydrogen-bond donors (Lipinski definition) is 0. The second-order valence-corrected chi connectivity index (χ2v) is 5.54. The average Bonchev–Trinajstić information content (AvgIpc) is 2.48. The maximum atomic E-state index is 12.1. The first-order chi connectivity index (χ1) is 10.9. The van der Waals surface area contributed by atoms with Crippen LogP contribution in [0.15, 0.2) is 30.5 Å². The summed E-state index contributed by atoms with van der Waals surface area (Å²) in [6.07, 6.45) is -1.95. The first kappa shape index (κ1) is 15.7. The summed E-state index contributed by atoms with van der Waals surface area (Å²) in [4.78, 5) is 10.9. The van der Waals surface area contributed by atoms with Gasteiger partial charge in [-0.05, 0) is 24.6 Å². The van der Waals surface area contributed by atoms with Gasteiger partial charge in [-0.3, -0.25) is 4.90 Å². The van der Waals surface area contributed by atoms with Gasteiger partial charge in [-0.2, -0.15) is 0 Å². The number of rotatable bonds is 3. The fourth-order valence-corrected chi connectivity index (χ4v) is 2.66. The minimum Gasteiger partial charge on any atom is -0.406 e. The molecule has 1 aliphatic rings. The van der Waals surface area contributed by atoms with Crippen LogP contribution in [0.5, 0.6) is 5.75 Å². The summed E-state index contributed by atoms with van der Waals surface area (Å²) in [6, 6.07) is 5.99. The highest BCUT2D eigenvalue weighted by Crippen LogP contribution is 2.24. The molecule has 23 heavy (non-hydrogen) atoms. The molecule has 0 fully saturated rings. The molecule has 0 N–H and O–H groups in total. The van der Waals surface area contributed by atoms with Gasteiger partial charge >= 0.3 is 6.36 Å². The molecule has 0 aliphatic carbocycles. The largest absolute Gasteiger partial charge is 0.573 e. The predicted molar refractivity (Wildman–Crippen MR) is 77.7 cm³/mol. The number of benzene rings is 1. The zero-order valence-electron chi connectivity index (χ0n) is 12.6. The average molecular weight is 323 g/mol. The molecule has 4 nitrogen and oxygen atoms in total. The van der Waals surface area contributed by atoms with Crippen LogP contribution < -0.4 is 4.74 Å². The standard InChI is InChI=1S/C16H16F3N3O/c1-11-20-8-13-10-22(7-6-15(13)21-11)9-12-2-4-14(5-3-12)23-16(17,18)19/h2-5,8H,6-7,9-10H2,1H3. The van der Waals surface area contributed by atoms with Gasteiger partial charge in [0.1, 0.15) is 11.6 Å². The Kier molecular flexibility index (Phi) is 4.21. The summed E-state index contributed by atoms with van der Waals surface area (Å²) < 4.78 is 40.3. The molecule has 1 aromatic heterocycles. The number of aryl methyl sites for hydroxylation is 1. The van der Waals surface area contributed by atoms with E-state index in [4.69, 9.17) is 0 Å². The van der Waals surface area contributed by atoms with Crippen molar-refractivity contribution in [3.05, 3.63) is 53.1 Å². The van der Waals surface area contributed by atoms with Gasteiger partial charge in [-0.1, -0.05) is 12.1 Å². The van der Waals surface area contributed by atoms with Gasteiger partial charge in [0, 0.05) is 43.5 Å². The Bertz CT molecular complexity index is 686. The summed E-state index contributed by atoms with van der Waals surface area (Å²) in [5, 5.41) is 0. The van der Waals surface area contributed by atoms with E-state index < -0.39 is 6.36 Å². The topological polar surface area (TPSA) is 38.2 Å². The minimum atomic E-state index is -4.66. The third-order valence-electron chi connectivity index (χ3n) is 3.70. The van der Waals surface area contributed by atoms with E-state index in [0.29, 0.717) is 6.54 Å². The molecule has 0 atom stereocenters. The number of alkyl halides is 3. The van der Waals surface area contributed by atoms with Crippen molar-refractivity contribution in [3.8, 4) is 5.75 Å². The smallest absolute Gasteiger partial charge is 0.406 e. The van der Waals surface area contributed by atoms with Gasteiger partial charge in [0.25, 0.3) is 0 Å². The van der Waals surface area contributed by atoms with Crippen LogP contribution >= 0.6 is 0 Å². The molecule has 0 spiro atoms. The van der Waals surface area contributed by atoms with E-state index in [2.05, 4.69) is 19.6 Å². The molecule has 1 aliphatic heterocycles. The lowest BCUT2D eigenvalue weighted by atomic mass is 10.1. The molecule has 2 aromatic rings. The van der Waals surface area contributed by atoms with Crippen molar-refractivity contribution in [2.75, 3.05) is 6.54 Å². The van der Waals surface area contributed by atoms with Crippen molar-refractivity contribution in [3.63, 3.8) is 0 Å². The third-order valence-corrected chi connectivity index (χ3v) is 3.70. The highest BCUT2D eigenvalue weighted by molar-refractivity contribution is 5.28.